The molecule has 5 nitrogen and oxygen atoms in total. The van der Waals surface area contributed by atoms with Gasteiger partial charge >= 0.3 is 6.03 Å². The highest BCUT2D eigenvalue weighted by molar-refractivity contribution is 6.19. The van der Waals surface area contributed by atoms with Crippen LogP contribution < -0.4 is 5.32 Å². The molecule has 1 atom stereocenters. The number of urea groups is 1. The molecule has 1 aromatic carbocycles. The normalized spacial score (nSPS) is 22.8. The van der Waals surface area contributed by atoms with Crippen LogP contribution in [0.1, 0.15) is 29.9 Å². The minimum atomic E-state index is -0.941. The van der Waals surface area contributed by atoms with Crippen molar-refractivity contribution >= 4 is 17.8 Å². The molecule has 108 valence electrons. The summed E-state index contributed by atoms with van der Waals surface area (Å²) < 4.78 is 0. The quantitative estimate of drug-likeness (QED) is 0.666. The Balaban J connectivity index is 1.94. The number of barbiturate groups is 1. The summed E-state index contributed by atoms with van der Waals surface area (Å²) in [5, 5.41) is 2.30. The molecule has 0 radical (unpaired) electrons. The van der Waals surface area contributed by atoms with Crippen LogP contribution in [-0.4, -0.2) is 28.8 Å². The summed E-state index contributed by atoms with van der Waals surface area (Å²) in [5.74, 6) is -1.91. The van der Waals surface area contributed by atoms with E-state index in [-0.39, 0.29) is 6.04 Å². The second-order valence-corrected chi connectivity index (χ2v) is 5.45. The van der Waals surface area contributed by atoms with E-state index in [2.05, 4.69) is 5.32 Å². The number of imide groups is 2. The Morgan fingerprint density at radius 1 is 1.14 bits per heavy atom. The molecule has 0 saturated carbocycles. The molecule has 4 amide bonds. The fourth-order valence-corrected chi connectivity index (χ4v) is 2.89. The first kappa shape index (κ1) is 13.5. The van der Waals surface area contributed by atoms with E-state index >= 15 is 0 Å². The minimum absolute atomic E-state index is 0.182. The minimum Gasteiger partial charge on any atom is -0.277 e. The van der Waals surface area contributed by atoms with Crippen LogP contribution >= 0.6 is 0 Å². The van der Waals surface area contributed by atoms with E-state index in [0.717, 1.165) is 5.56 Å². The zero-order valence-electron chi connectivity index (χ0n) is 11.7. The average Bonchev–Trinajstić information content (AvgIpc) is 2.92. The fourth-order valence-electron chi connectivity index (χ4n) is 2.89. The van der Waals surface area contributed by atoms with Crippen molar-refractivity contribution in [1.82, 2.24) is 10.2 Å². The van der Waals surface area contributed by atoms with Crippen molar-refractivity contribution in [1.29, 1.82) is 0 Å². The molecule has 21 heavy (non-hydrogen) atoms. The molecule has 1 unspecified atom stereocenters. The molecule has 3 rings (SSSR count). The number of carbonyl (C=O) groups excluding carboxylic acids is 3. The molecular weight excluding hydrogens is 268 g/mol. The van der Waals surface area contributed by atoms with E-state index in [1.165, 1.54) is 4.90 Å². The molecule has 1 heterocycles. The van der Waals surface area contributed by atoms with Crippen molar-refractivity contribution in [3.8, 4) is 0 Å². The zero-order valence-corrected chi connectivity index (χ0v) is 11.7. The van der Waals surface area contributed by atoms with Crippen LogP contribution in [-0.2, 0) is 9.59 Å². The number of nitrogens with zero attached hydrogens (tertiary/aromatic N) is 1. The standard InChI is InChI=1S/C16H16N2O3/c1-10-5-4-6-11(9-10)13-14(19)17-16(21)18(15(13)20)12-7-2-3-8-12/h2-6,9,12-13H,7-8H2,1H3,(H,17,19,21). The summed E-state index contributed by atoms with van der Waals surface area (Å²) in [7, 11) is 0. The van der Waals surface area contributed by atoms with Crippen molar-refractivity contribution in [2.75, 3.05) is 0 Å². The van der Waals surface area contributed by atoms with Gasteiger partial charge < -0.3 is 0 Å². The van der Waals surface area contributed by atoms with Gasteiger partial charge in [-0.1, -0.05) is 42.0 Å². The van der Waals surface area contributed by atoms with Crippen molar-refractivity contribution < 1.29 is 14.4 Å². The third-order valence-electron chi connectivity index (χ3n) is 3.92. The van der Waals surface area contributed by atoms with Crippen molar-refractivity contribution in [2.24, 2.45) is 0 Å². The Bertz CT molecular complexity index is 643. The van der Waals surface area contributed by atoms with Crippen LogP contribution in [0.25, 0.3) is 0 Å². The van der Waals surface area contributed by atoms with Gasteiger partial charge in [-0.25, -0.2) is 4.79 Å². The zero-order chi connectivity index (χ0) is 15.0. The summed E-state index contributed by atoms with van der Waals surface area (Å²) in [6.07, 6.45) is 5.19. The first-order valence-corrected chi connectivity index (χ1v) is 6.97. The van der Waals surface area contributed by atoms with Crippen molar-refractivity contribution in [2.45, 2.75) is 31.7 Å². The first-order valence-electron chi connectivity index (χ1n) is 6.97. The smallest absolute Gasteiger partial charge is 0.277 e. The number of amides is 4. The molecule has 0 bridgehead atoms. The molecule has 0 spiro atoms. The molecule has 0 aromatic heterocycles. The van der Waals surface area contributed by atoms with Gasteiger partial charge in [-0.3, -0.25) is 19.8 Å². The lowest BCUT2D eigenvalue weighted by Crippen LogP contribution is -2.59. The number of rotatable bonds is 2. The topological polar surface area (TPSA) is 66.5 Å². The molecule has 1 N–H and O–H groups in total. The highest BCUT2D eigenvalue weighted by Crippen LogP contribution is 2.28. The van der Waals surface area contributed by atoms with Gasteiger partial charge in [0.2, 0.25) is 11.8 Å². The second kappa shape index (κ2) is 5.16. The number of benzene rings is 1. The van der Waals surface area contributed by atoms with Crippen LogP contribution in [0.3, 0.4) is 0 Å². The van der Waals surface area contributed by atoms with E-state index in [1.807, 2.05) is 37.3 Å². The Kier molecular flexibility index (Phi) is 3.33. The Morgan fingerprint density at radius 2 is 1.86 bits per heavy atom. The van der Waals surface area contributed by atoms with Crippen LogP contribution in [0.5, 0.6) is 0 Å². The largest absolute Gasteiger partial charge is 0.331 e. The second-order valence-electron chi connectivity index (χ2n) is 5.45. The van der Waals surface area contributed by atoms with Crippen LogP contribution in [0.15, 0.2) is 36.4 Å². The Labute approximate surface area is 122 Å². The van der Waals surface area contributed by atoms with E-state index in [1.54, 1.807) is 6.07 Å². The van der Waals surface area contributed by atoms with Crippen molar-refractivity contribution in [3.05, 3.63) is 47.5 Å². The van der Waals surface area contributed by atoms with E-state index in [4.69, 9.17) is 0 Å². The average molecular weight is 284 g/mol. The van der Waals surface area contributed by atoms with Gasteiger partial charge in [0.25, 0.3) is 0 Å². The van der Waals surface area contributed by atoms with Crippen molar-refractivity contribution in [3.63, 3.8) is 0 Å². The highest BCUT2D eigenvalue weighted by atomic mass is 16.2. The molecule has 1 saturated heterocycles. The molecule has 1 fully saturated rings. The number of carbonyl (C=O) groups is 3. The number of hydrogen-bond acceptors (Lipinski definition) is 3. The summed E-state index contributed by atoms with van der Waals surface area (Å²) in [4.78, 5) is 37.9. The number of hydrogen-bond donors (Lipinski definition) is 1. The van der Waals surface area contributed by atoms with Gasteiger partial charge in [0, 0.05) is 6.04 Å². The van der Waals surface area contributed by atoms with Crippen LogP contribution in [0.2, 0.25) is 0 Å². The molecule has 1 aromatic rings. The lowest BCUT2D eigenvalue weighted by Gasteiger charge is -2.34. The summed E-state index contributed by atoms with van der Waals surface area (Å²) in [6.45, 7) is 1.90. The van der Waals surface area contributed by atoms with Crippen LogP contribution in [0, 0.1) is 6.92 Å². The van der Waals surface area contributed by atoms with Gasteiger partial charge in [-0.2, -0.15) is 0 Å². The van der Waals surface area contributed by atoms with Gasteiger partial charge in [0.1, 0.15) is 5.92 Å². The third-order valence-corrected chi connectivity index (χ3v) is 3.92. The van der Waals surface area contributed by atoms with Crippen LogP contribution in [0.4, 0.5) is 4.79 Å². The van der Waals surface area contributed by atoms with Gasteiger partial charge in [-0.15, -0.1) is 0 Å². The van der Waals surface area contributed by atoms with Gasteiger partial charge in [0.05, 0.1) is 0 Å². The molecule has 5 heteroatoms. The monoisotopic (exact) mass is 284 g/mol. The highest BCUT2D eigenvalue weighted by Gasteiger charge is 2.44. The maximum absolute atomic E-state index is 12.7. The first-order chi connectivity index (χ1) is 10.1. The molecule has 1 aliphatic heterocycles. The lowest BCUT2D eigenvalue weighted by molar-refractivity contribution is -0.140. The van der Waals surface area contributed by atoms with E-state index < -0.39 is 23.8 Å². The third kappa shape index (κ3) is 2.35. The maximum Gasteiger partial charge on any atom is 0.331 e. The van der Waals surface area contributed by atoms with E-state index in [0.29, 0.717) is 18.4 Å². The Morgan fingerprint density at radius 3 is 2.52 bits per heavy atom. The molecule has 2 aliphatic rings. The predicted octanol–water partition coefficient (Wildman–Crippen LogP) is 1.88. The maximum atomic E-state index is 12.7. The fraction of sp³-hybridized carbons (Fsp3) is 0.312. The number of nitrogens with one attached hydrogen (secondary N) is 1. The SMILES string of the molecule is Cc1cccc(C2C(=O)NC(=O)N(C3CC=CC3)C2=O)c1. The van der Waals surface area contributed by atoms with E-state index in [9.17, 15) is 14.4 Å². The summed E-state index contributed by atoms with van der Waals surface area (Å²) >= 11 is 0. The predicted molar refractivity (Wildman–Crippen MR) is 76.5 cm³/mol. The van der Waals surface area contributed by atoms with Gasteiger partial charge in [0.15, 0.2) is 0 Å². The van der Waals surface area contributed by atoms with Gasteiger partial charge in [-0.05, 0) is 25.3 Å². The summed E-state index contributed by atoms with van der Waals surface area (Å²) in [5.41, 5.74) is 1.60. The Hall–Kier alpha value is -2.43. The molecule has 1 aliphatic carbocycles. The summed E-state index contributed by atoms with van der Waals surface area (Å²) in [6, 6.07) is 6.47. The lowest BCUT2D eigenvalue weighted by atomic mass is 9.93. The molecular formula is C16H16N2O3. The number of aryl methyl sites for hydroxylation is 1.